The highest BCUT2D eigenvalue weighted by atomic mass is 16.4. The number of carboxylic acids is 1. The van der Waals surface area contributed by atoms with Crippen molar-refractivity contribution in [1.29, 1.82) is 0 Å². The predicted molar refractivity (Wildman–Crippen MR) is 76.4 cm³/mol. The Hall–Kier alpha value is -2.37. The molecule has 0 aromatic heterocycles. The maximum atomic E-state index is 12.6. The number of rotatable bonds is 2. The van der Waals surface area contributed by atoms with Crippen molar-refractivity contribution in [3.8, 4) is 0 Å². The third-order valence-electron chi connectivity index (χ3n) is 3.79. The molecule has 2 rings (SSSR count). The van der Waals surface area contributed by atoms with E-state index in [2.05, 4.69) is 0 Å². The van der Waals surface area contributed by atoms with Crippen molar-refractivity contribution in [2.75, 3.05) is 26.7 Å². The molecule has 1 aromatic carbocycles. The van der Waals surface area contributed by atoms with Gasteiger partial charge in [-0.05, 0) is 25.0 Å². The van der Waals surface area contributed by atoms with Crippen molar-refractivity contribution in [1.82, 2.24) is 9.80 Å². The number of piperazine rings is 1. The lowest BCUT2D eigenvalue weighted by Crippen LogP contribution is -2.51. The first kappa shape index (κ1) is 15.0. The number of benzene rings is 1. The zero-order chi connectivity index (χ0) is 15.7. The van der Waals surface area contributed by atoms with E-state index in [4.69, 9.17) is 0 Å². The Morgan fingerprint density at radius 3 is 2.19 bits per heavy atom. The van der Waals surface area contributed by atoms with Gasteiger partial charge in [-0.25, -0.2) is 4.79 Å². The molecule has 112 valence electrons. The lowest BCUT2D eigenvalue weighted by Gasteiger charge is -2.32. The van der Waals surface area contributed by atoms with Crippen LogP contribution in [0.2, 0.25) is 0 Å². The van der Waals surface area contributed by atoms with E-state index in [1.807, 2.05) is 0 Å². The smallest absolute Gasteiger partial charge is 0.336 e. The minimum Gasteiger partial charge on any atom is -0.478 e. The molecule has 0 unspecified atom stereocenters. The van der Waals surface area contributed by atoms with Crippen LogP contribution >= 0.6 is 0 Å². The van der Waals surface area contributed by atoms with E-state index in [0.717, 1.165) is 0 Å². The van der Waals surface area contributed by atoms with Crippen molar-refractivity contribution in [3.63, 3.8) is 0 Å². The first-order valence-corrected chi connectivity index (χ1v) is 6.69. The number of likely N-dealkylation sites (N-methyl/N-ethyl adjacent to an activating group) is 1. The molecule has 0 aliphatic carbocycles. The highest BCUT2D eigenvalue weighted by Crippen LogP contribution is 2.21. The maximum absolute atomic E-state index is 12.6. The Labute approximate surface area is 123 Å². The lowest BCUT2D eigenvalue weighted by molar-refractivity contribution is -0.133. The summed E-state index contributed by atoms with van der Waals surface area (Å²) in [4.78, 5) is 38.8. The van der Waals surface area contributed by atoms with Crippen molar-refractivity contribution in [3.05, 3.63) is 34.4 Å². The third-order valence-corrected chi connectivity index (χ3v) is 3.79. The molecule has 1 fully saturated rings. The first-order chi connectivity index (χ1) is 9.82. The second-order valence-corrected chi connectivity index (χ2v) is 5.30. The van der Waals surface area contributed by atoms with Crippen molar-refractivity contribution in [2.24, 2.45) is 0 Å². The third kappa shape index (κ3) is 2.74. The van der Waals surface area contributed by atoms with E-state index in [1.165, 1.54) is 4.90 Å². The number of hydrogen-bond acceptors (Lipinski definition) is 3. The summed E-state index contributed by atoms with van der Waals surface area (Å²) in [7, 11) is 1.69. The Morgan fingerprint density at radius 1 is 1.10 bits per heavy atom. The monoisotopic (exact) mass is 290 g/mol. The van der Waals surface area contributed by atoms with Crippen LogP contribution in [-0.4, -0.2) is 59.4 Å². The topological polar surface area (TPSA) is 77.9 Å². The van der Waals surface area contributed by atoms with Gasteiger partial charge in [0.15, 0.2) is 0 Å². The summed E-state index contributed by atoms with van der Waals surface area (Å²) >= 11 is 0. The van der Waals surface area contributed by atoms with E-state index in [-0.39, 0.29) is 23.6 Å². The van der Waals surface area contributed by atoms with Gasteiger partial charge < -0.3 is 14.9 Å². The van der Waals surface area contributed by atoms with Gasteiger partial charge in [0.1, 0.15) is 6.54 Å². The molecule has 6 nitrogen and oxygen atoms in total. The van der Waals surface area contributed by atoms with E-state index in [9.17, 15) is 19.5 Å². The molecular formula is C15H18N2O4. The van der Waals surface area contributed by atoms with Crippen LogP contribution in [-0.2, 0) is 4.79 Å². The number of aryl methyl sites for hydroxylation is 2. The summed E-state index contributed by atoms with van der Waals surface area (Å²) in [6, 6.07) is 3.41. The maximum Gasteiger partial charge on any atom is 0.336 e. The summed E-state index contributed by atoms with van der Waals surface area (Å²) in [6.07, 6.45) is 0. The van der Waals surface area contributed by atoms with Crippen LogP contribution in [0.5, 0.6) is 0 Å². The molecule has 1 N–H and O–H groups in total. The molecule has 21 heavy (non-hydrogen) atoms. The summed E-state index contributed by atoms with van der Waals surface area (Å²) < 4.78 is 0. The Balaban J connectivity index is 2.42. The number of aromatic carboxylic acids is 1. The number of carbonyl (C=O) groups excluding carboxylic acids is 2. The van der Waals surface area contributed by atoms with E-state index in [0.29, 0.717) is 24.2 Å². The number of carbonyl (C=O) groups is 3. The molecule has 1 saturated heterocycles. The molecule has 0 atom stereocenters. The molecule has 0 bridgehead atoms. The van der Waals surface area contributed by atoms with Crippen LogP contribution in [0, 0.1) is 13.8 Å². The van der Waals surface area contributed by atoms with Crippen LogP contribution in [0.25, 0.3) is 0 Å². The summed E-state index contributed by atoms with van der Waals surface area (Å²) in [6.45, 7) is 4.22. The predicted octanol–water partition coefficient (Wildman–Crippen LogP) is 0.916. The van der Waals surface area contributed by atoms with Crippen molar-refractivity contribution < 1.29 is 19.5 Å². The second-order valence-electron chi connectivity index (χ2n) is 5.30. The average molecular weight is 290 g/mol. The van der Waals surface area contributed by atoms with Crippen LogP contribution in [0.15, 0.2) is 12.1 Å². The minimum absolute atomic E-state index is 0.0121. The fraction of sp³-hybridized carbons (Fsp3) is 0.400. The Bertz CT molecular complexity index is 624. The Kier molecular flexibility index (Phi) is 3.97. The van der Waals surface area contributed by atoms with Gasteiger partial charge in [0.2, 0.25) is 5.91 Å². The van der Waals surface area contributed by atoms with Crippen LogP contribution in [0.4, 0.5) is 0 Å². The molecule has 1 aromatic rings. The first-order valence-electron chi connectivity index (χ1n) is 6.69. The molecule has 1 aliphatic heterocycles. The summed E-state index contributed by atoms with van der Waals surface area (Å²) in [5.74, 6) is -1.66. The largest absolute Gasteiger partial charge is 0.478 e. The SMILES string of the molecule is Cc1ccc(C)c(C(=O)N2CCN(C)C(=O)C2)c1C(=O)O. The average Bonchev–Trinajstić information content (AvgIpc) is 2.43. The van der Waals surface area contributed by atoms with Crippen LogP contribution < -0.4 is 0 Å². The second kappa shape index (κ2) is 5.55. The molecule has 2 amide bonds. The fourth-order valence-electron chi connectivity index (χ4n) is 2.45. The zero-order valence-electron chi connectivity index (χ0n) is 12.3. The highest BCUT2D eigenvalue weighted by Gasteiger charge is 2.29. The molecule has 1 heterocycles. The molecule has 1 aliphatic rings. The highest BCUT2D eigenvalue weighted by molar-refractivity contribution is 6.07. The van der Waals surface area contributed by atoms with Gasteiger partial charge in [0, 0.05) is 20.1 Å². The quantitative estimate of drug-likeness (QED) is 0.878. The Morgan fingerprint density at radius 2 is 1.67 bits per heavy atom. The minimum atomic E-state index is -1.12. The van der Waals surface area contributed by atoms with Gasteiger partial charge in [-0.2, -0.15) is 0 Å². The van der Waals surface area contributed by atoms with E-state index >= 15 is 0 Å². The zero-order valence-corrected chi connectivity index (χ0v) is 12.3. The van der Waals surface area contributed by atoms with Crippen LogP contribution in [0.1, 0.15) is 31.8 Å². The van der Waals surface area contributed by atoms with Crippen LogP contribution in [0.3, 0.4) is 0 Å². The van der Waals surface area contributed by atoms with Crippen molar-refractivity contribution >= 4 is 17.8 Å². The van der Waals surface area contributed by atoms with Gasteiger partial charge in [0.05, 0.1) is 11.1 Å². The van der Waals surface area contributed by atoms with Crippen molar-refractivity contribution in [2.45, 2.75) is 13.8 Å². The molecular weight excluding hydrogens is 272 g/mol. The number of hydrogen-bond donors (Lipinski definition) is 1. The standard InChI is InChI=1S/C15H18N2O4/c1-9-4-5-10(2)13(15(20)21)12(9)14(19)17-7-6-16(3)11(18)8-17/h4-5H,6-8H2,1-3H3,(H,20,21). The van der Waals surface area contributed by atoms with E-state index < -0.39 is 11.9 Å². The summed E-state index contributed by atoms with van der Waals surface area (Å²) in [5, 5.41) is 9.37. The van der Waals surface area contributed by atoms with Gasteiger partial charge >= 0.3 is 5.97 Å². The number of amides is 2. The molecule has 0 spiro atoms. The molecule has 0 radical (unpaired) electrons. The normalized spacial score (nSPS) is 15.3. The summed E-state index contributed by atoms with van der Waals surface area (Å²) in [5.41, 5.74) is 1.34. The lowest BCUT2D eigenvalue weighted by atomic mass is 9.96. The van der Waals surface area contributed by atoms with Gasteiger partial charge in [0.25, 0.3) is 5.91 Å². The number of carboxylic acid groups (broad SMARTS) is 1. The van der Waals surface area contributed by atoms with E-state index in [1.54, 1.807) is 37.9 Å². The van der Waals surface area contributed by atoms with Gasteiger partial charge in [-0.1, -0.05) is 12.1 Å². The van der Waals surface area contributed by atoms with Gasteiger partial charge in [-0.3, -0.25) is 9.59 Å². The van der Waals surface area contributed by atoms with Gasteiger partial charge in [-0.15, -0.1) is 0 Å². The molecule has 6 heteroatoms. The fourth-order valence-corrected chi connectivity index (χ4v) is 2.45. The number of nitrogens with zero attached hydrogens (tertiary/aromatic N) is 2. The molecule has 0 saturated carbocycles.